The maximum atomic E-state index is 12.9. The summed E-state index contributed by atoms with van der Waals surface area (Å²) in [4.78, 5) is 38.1. The Balaban J connectivity index is 1.52. The Morgan fingerprint density at radius 2 is 1.93 bits per heavy atom. The summed E-state index contributed by atoms with van der Waals surface area (Å²) in [6, 6.07) is 9.81. The molecule has 1 aromatic heterocycles. The van der Waals surface area contributed by atoms with Gasteiger partial charge in [0.05, 0.1) is 12.7 Å². The average Bonchev–Trinajstić information content (AvgIpc) is 2.67. The summed E-state index contributed by atoms with van der Waals surface area (Å²) in [6.45, 7) is 2.79. The van der Waals surface area contributed by atoms with Gasteiger partial charge in [-0.25, -0.2) is 4.79 Å². The summed E-state index contributed by atoms with van der Waals surface area (Å²) >= 11 is 0. The van der Waals surface area contributed by atoms with E-state index in [1.165, 1.54) is 11.5 Å². The molecule has 1 N–H and O–H groups in total. The molecular formula is C22H24N2O5. The zero-order chi connectivity index (χ0) is 20.5. The van der Waals surface area contributed by atoms with Crippen LogP contribution in [0.1, 0.15) is 52.9 Å². The number of hydrogen-bond acceptors (Lipinski definition) is 4. The van der Waals surface area contributed by atoms with Crippen molar-refractivity contribution in [1.82, 2.24) is 9.47 Å². The summed E-state index contributed by atoms with van der Waals surface area (Å²) < 4.78 is 7.45. The van der Waals surface area contributed by atoms with Gasteiger partial charge in [0.1, 0.15) is 5.56 Å². The number of carboxylic acid groups (broad SMARTS) is 1. The van der Waals surface area contributed by atoms with Gasteiger partial charge in [-0.2, -0.15) is 0 Å². The fourth-order valence-electron chi connectivity index (χ4n) is 4.13. The van der Waals surface area contributed by atoms with Crippen molar-refractivity contribution < 1.29 is 19.4 Å². The Morgan fingerprint density at radius 1 is 1.21 bits per heavy atom. The number of aromatic nitrogens is 1. The molecule has 0 unspecified atom stereocenters. The highest BCUT2D eigenvalue weighted by Gasteiger charge is 2.35. The highest BCUT2D eigenvalue weighted by Crippen LogP contribution is 2.35. The number of rotatable bonds is 5. The van der Waals surface area contributed by atoms with Crippen molar-refractivity contribution in [3.8, 4) is 0 Å². The Labute approximate surface area is 168 Å². The third-order valence-electron chi connectivity index (χ3n) is 5.88. The number of pyridine rings is 1. The highest BCUT2D eigenvalue weighted by molar-refractivity contribution is 5.89. The summed E-state index contributed by atoms with van der Waals surface area (Å²) in [6.07, 6.45) is 3.52. The van der Waals surface area contributed by atoms with E-state index in [0.717, 1.165) is 11.1 Å². The third kappa shape index (κ3) is 3.82. The van der Waals surface area contributed by atoms with Gasteiger partial charge < -0.3 is 19.3 Å². The maximum Gasteiger partial charge on any atom is 0.341 e. The molecule has 1 saturated carbocycles. The van der Waals surface area contributed by atoms with Crippen molar-refractivity contribution in [2.24, 2.45) is 0 Å². The van der Waals surface area contributed by atoms with E-state index in [4.69, 9.17) is 4.74 Å². The van der Waals surface area contributed by atoms with Crippen molar-refractivity contribution in [3.05, 3.63) is 69.1 Å². The molecule has 1 fully saturated rings. The quantitative estimate of drug-likeness (QED) is 0.838. The number of aromatic carboxylic acids is 1. The van der Waals surface area contributed by atoms with E-state index in [2.05, 4.69) is 0 Å². The van der Waals surface area contributed by atoms with Crippen molar-refractivity contribution in [2.45, 2.75) is 51.5 Å². The molecule has 2 heterocycles. The number of hydrogen-bond donors (Lipinski definition) is 1. The van der Waals surface area contributed by atoms with Gasteiger partial charge in [-0.05, 0) is 36.0 Å². The molecule has 0 saturated heterocycles. The number of ether oxygens (including phenoxy) is 1. The van der Waals surface area contributed by atoms with Crippen LogP contribution in [0.15, 0.2) is 41.3 Å². The van der Waals surface area contributed by atoms with Crippen LogP contribution in [0.4, 0.5) is 0 Å². The Morgan fingerprint density at radius 3 is 2.59 bits per heavy atom. The van der Waals surface area contributed by atoms with Crippen molar-refractivity contribution in [3.63, 3.8) is 0 Å². The fourth-order valence-corrected chi connectivity index (χ4v) is 4.13. The first-order valence-electron chi connectivity index (χ1n) is 9.85. The molecule has 0 bridgehead atoms. The first-order chi connectivity index (χ1) is 13.9. The SMILES string of the molecule is CC(=O)N1CCc2c(cn(C3CC(OCc4ccccc4)C3)c(=O)c2C(=O)O)C1. The Kier molecular flexibility index (Phi) is 5.24. The van der Waals surface area contributed by atoms with Gasteiger partial charge in [0.15, 0.2) is 0 Å². The molecule has 2 aromatic rings. The molecular weight excluding hydrogens is 372 g/mol. The average molecular weight is 396 g/mol. The maximum absolute atomic E-state index is 12.9. The Hall–Kier alpha value is -2.93. The van der Waals surface area contributed by atoms with Gasteiger partial charge in [0, 0.05) is 32.3 Å². The van der Waals surface area contributed by atoms with Gasteiger partial charge in [-0.3, -0.25) is 9.59 Å². The van der Waals surface area contributed by atoms with E-state index in [0.29, 0.717) is 44.5 Å². The summed E-state index contributed by atoms with van der Waals surface area (Å²) in [5.74, 6) is -1.25. The molecule has 1 aliphatic carbocycles. The minimum absolute atomic E-state index is 0.0464. The molecule has 1 aromatic carbocycles. The van der Waals surface area contributed by atoms with E-state index in [1.54, 1.807) is 11.1 Å². The lowest BCUT2D eigenvalue weighted by Gasteiger charge is -2.37. The lowest BCUT2D eigenvalue weighted by molar-refractivity contribution is -0.129. The van der Waals surface area contributed by atoms with Crippen molar-refractivity contribution >= 4 is 11.9 Å². The van der Waals surface area contributed by atoms with E-state index in [-0.39, 0.29) is 23.6 Å². The predicted octanol–water partition coefficient (Wildman–Crippen LogP) is 2.37. The van der Waals surface area contributed by atoms with Crippen LogP contribution < -0.4 is 5.56 Å². The minimum Gasteiger partial charge on any atom is -0.477 e. The smallest absolute Gasteiger partial charge is 0.341 e. The van der Waals surface area contributed by atoms with Gasteiger partial charge in [0.25, 0.3) is 5.56 Å². The third-order valence-corrected chi connectivity index (χ3v) is 5.88. The molecule has 1 aliphatic heterocycles. The van der Waals surface area contributed by atoms with Crippen LogP contribution in [0.3, 0.4) is 0 Å². The second kappa shape index (κ2) is 7.83. The largest absolute Gasteiger partial charge is 0.477 e. The van der Waals surface area contributed by atoms with Gasteiger partial charge in [-0.15, -0.1) is 0 Å². The molecule has 0 atom stereocenters. The van der Waals surface area contributed by atoms with E-state index < -0.39 is 11.5 Å². The summed E-state index contributed by atoms with van der Waals surface area (Å²) in [5.41, 5.74) is 1.79. The zero-order valence-electron chi connectivity index (χ0n) is 16.3. The lowest BCUT2D eigenvalue weighted by atomic mass is 9.87. The first kappa shape index (κ1) is 19.4. The number of amides is 1. The van der Waals surface area contributed by atoms with Crippen LogP contribution in [0, 0.1) is 0 Å². The van der Waals surface area contributed by atoms with Crippen molar-refractivity contribution in [2.75, 3.05) is 6.54 Å². The standard InChI is InChI=1S/C22H24N2O5/c1-14(25)23-8-7-19-16(11-23)12-24(21(26)20(19)22(27)28)17-9-18(10-17)29-13-15-5-3-2-4-6-15/h2-6,12,17-18H,7-11,13H2,1H3,(H,27,28). The molecule has 1 amide bonds. The van der Waals surface area contributed by atoms with E-state index >= 15 is 0 Å². The summed E-state index contributed by atoms with van der Waals surface area (Å²) in [5, 5.41) is 9.64. The first-order valence-corrected chi connectivity index (χ1v) is 9.85. The second-order valence-electron chi connectivity index (χ2n) is 7.76. The van der Waals surface area contributed by atoms with Gasteiger partial charge in [0.2, 0.25) is 5.91 Å². The molecule has 29 heavy (non-hydrogen) atoms. The van der Waals surface area contributed by atoms with Crippen molar-refractivity contribution in [1.29, 1.82) is 0 Å². The predicted molar refractivity (Wildman–Crippen MR) is 106 cm³/mol. The molecule has 2 aliphatic rings. The van der Waals surface area contributed by atoms with Crippen LogP contribution in [0.5, 0.6) is 0 Å². The number of nitrogens with zero attached hydrogens (tertiary/aromatic N) is 2. The minimum atomic E-state index is -1.20. The second-order valence-corrected chi connectivity index (χ2v) is 7.76. The van der Waals surface area contributed by atoms with Crippen LogP contribution >= 0.6 is 0 Å². The molecule has 7 nitrogen and oxygen atoms in total. The molecule has 7 heteroatoms. The van der Waals surface area contributed by atoms with Crippen LogP contribution in [-0.4, -0.2) is 39.1 Å². The zero-order valence-corrected chi connectivity index (χ0v) is 16.3. The highest BCUT2D eigenvalue weighted by atomic mass is 16.5. The molecule has 152 valence electrons. The lowest BCUT2D eigenvalue weighted by Crippen LogP contribution is -2.42. The number of carboxylic acids is 1. The van der Waals surface area contributed by atoms with Gasteiger partial charge >= 0.3 is 5.97 Å². The van der Waals surface area contributed by atoms with E-state index in [9.17, 15) is 19.5 Å². The van der Waals surface area contributed by atoms with Crippen LogP contribution in [0.25, 0.3) is 0 Å². The normalized spacial score (nSPS) is 20.7. The van der Waals surface area contributed by atoms with E-state index in [1.807, 2.05) is 30.3 Å². The Bertz CT molecular complexity index is 992. The topological polar surface area (TPSA) is 88.8 Å². The number of benzene rings is 1. The molecule has 0 radical (unpaired) electrons. The van der Waals surface area contributed by atoms with Crippen LogP contribution in [0.2, 0.25) is 0 Å². The molecule has 4 rings (SSSR count). The molecule has 0 spiro atoms. The number of carbonyl (C=O) groups is 2. The van der Waals surface area contributed by atoms with Gasteiger partial charge in [-0.1, -0.05) is 30.3 Å². The number of carbonyl (C=O) groups excluding carboxylic acids is 1. The van der Waals surface area contributed by atoms with Crippen LogP contribution in [-0.2, 0) is 29.1 Å². The monoisotopic (exact) mass is 396 g/mol. The number of fused-ring (bicyclic) bond motifs is 1. The fraction of sp³-hybridized carbons (Fsp3) is 0.409. The summed E-state index contributed by atoms with van der Waals surface area (Å²) in [7, 11) is 0.